The third-order valence-electron chi connectivity index (χ3n) is 7.48. The number of thiophene rings is 1. The molecule has 4 aromatic rings. The summed E-state index contributed by atoms with van der Waals surface area (Å²) in [7, 11) is 1.24. The predicted octanol–water partition coefficient (Wildman–Crippen LogP) is 6.65. The second-order valence-corrected chi connectivity index (χ2v) is 13.2. The third kappa shape index (κ3) is 8.00. The predicted molar refractivity (Wildman–Crippen MR) is 187 cm³/mol. The van der Waals surface area contributed by atoms with Crippen LogP contribution >= 0.6 is 11.3 Å². The maximum absolute atomic E-state index is 14.1. The van der Waals surface area contributed by atoms with Gasteiger partial charge in [-0.05, 0) is 98.1 Å². The number of hydrogen-bond acceptors (Lipinski definition) is 9. The zero-order chi connectivity index (χ0) is 34.4. The molecule has 1 aliphatic rings. The normalized spacial score (nSPS) is 12.0. The molecule has 0 bridgehead atoms. The van der Waals surface area contributed by atoms with Gasteiger partial charge in [0, 0.05) is 52.6 Å². The van der Waals surface area contributed by atoms with Gasteiger partial charge in [-0.2, -0.15) is 0 Å². The van der Waals surface area contributed by atoms with E-state index in [-0.39, 0.29) is 17.9 Å². The average Bonchev–Trinajstić information content (AvgIpc) is 3.46. The Bertz CT molecular complexity index is 1840. The molecule has 0 saturated heterocycles. The molecule has 3 amide bonds. The molecule has 2 aromatic carbocycles. The summed E-state index contributed by atoms with van der Waals surface area (Å²) in [5, 5.41) is 14.0. The van der Waals surface area contributed by atoms with E-state index < -0.39 is 29.5 Å². The first-order valence-electron chi connectivity index (χ1n) is 15.7. The van der Waals surface area contributed by atoms with Gasteiger partial charge < -0.3 is 30.7 Å². The van der Waals surface area contributed by atoms with Crippen molar-refractivity contribution >= 4 is 46.6 Å². The van der Waals surface area contributed by atoms with E-state index in [1.54, 1.807) is 62.4 Å². The summed E-state index contributed by atoms with van der Waals surface area (Å²) in [6.07, 6.45) is 1.04. The number of pyridine rings is 1. The van der Waals surface area contributed by atoms with Crippen molar-refractivity contribution < 1.29 is 28.7 Å². The minimum Gasteiger partial charge on any atom is -0.464 e. The Balaban J connectivity index is 1.51. The zero-order valence-electron chi connectivity index (χ0n) is 27.6. The van der Waals surface area contributed by atoms with Gasteiger partial charge in [0.1, 0.15) is 11.3 Å². The average molecular weight is 670 g/mol. The Morgan fingerprint density at radius 1 is 0.938 bits per heavy atom. The SMILES string of the molecule is CCCNC(=O)c1ccc(-c2cc3c(cc2C(=O)Nc2ccc(CNC(=O)OC(C)(C)C)cc2)-c2sccc2CCN3)c(C(=O)OC)n1. The molecule has 0 atom stereocenters. The van der Waals surface area contributed by atoms with Gasteiger partial charge in [-0.3, -0.25) is 9.59 Å². The largest absolute Gasteiger partial charge is 0.464 e. The van der Waals surface area contributed by atoms with Crippen molar-refractivity contribution in [2.45, 2.75) is 52.7 Å². The van der Waals surface area contributed by atoms with Gasteiger partial charge in [0.15, 0.2) is 5.69 Å². The fourth-order valence-corrected chi connectivity index (χ4v) is 6.21. The van der Waals surface area contributed by atoms with Crippen molar-refractivity contribution in [1.29, 1.82) is 0 Å². The molecule has 3 heterocycles. The van der Waals surface area contributed by atoms with Crippen molar-refractivity contribution in [2.24, 2.45) is 0 Å². The van der Waals surface area contributed by atoms with E-state index in [0.717, 1.165) is 34.5 Å². The molecule has 0 spiro atoms. The van der Waals surface area contributed by atoms with E-state index in [1.807, 2.05) is 24.4 Å². The third-order valence-corrected chi connectivity index (χ3v) is 8.47. The van der Waals surface area contributed by atoms with Crippen molar-refractivity contribution in [2.75, 3.05) is 30.8 Å². The minimum absolute atomic E-state index is 0.0657. The monoisotopic (exact) mass is 669 g/mol. The molecule has 4 N–H and O–H groups in total. The summed E-state index contributed by atoms with van der Waals surface area (Å²) >= 11 is 1.60. The van der Waals surface area contributed by atoms with E-state index in [1.165, 1.54) is 18.7 Å². The van der Waals surface area contributed by atoms with Crippen LogP contribution in [0, 0.1) is 0 Å². The second-order valence-electron chi connectivity index (χ2n) is 12.2. The number of aromatic nitrogens is 1. The number of nitrogens with one attached hydrogen (secondary N) is 4. The quantitative estimate of drug-likeness (QED) is 0.145. The molecule has 2 aromatic heterocycles. The number of nitrogens with zero attached hydrogens (tertiary/aromatic N) is 1. The molecule has 48 heavy (non-hydrogen) atoms. The number of esters is 1. The maximum atomic E-state index is 14.1. The lowest BCUT2D eigenvalue weighted by Crippen LogP contribution is -2.32. The number of benzene rings is 2. The summed E-state index contributed by atoms with van der Waals surface area (Å²) in [5.41, 5.74) is 4.70. The van der Waals surface area contributed by atoms with Crippen LogP contribution in [0.25, 0.3) is 21.6 Å². The molecule has 0 radical (unpaired) electrons. The fraction of sp³-hybridized carbons (Fsp3) is 0.306. The Morgan fingerprint density at radius 3 is 2.42 bits per heavy atom. The van der Waals surface area contributed by atoms with Gasteiger partial charge in [-0.25, -0.2) is 14.6 Å². The summed E-state index contributed by atoms with van der Waals surface area (Å²) < 4.78 is 10.4. The van der Waals surface area contributed by atoms with Crippen LogP contribution in [0.1, 0.15) is 76.6 Å². The molecule has 0 saturated carbocycles. The van der Waals surface area contributed by atoms with Gasteiger partial charge >= 0.3 is 12.1 Å². The van der Waals surface area contributed by atoms with Crippen molar-refractivity contribution in [3.05, 3.63) is 88.1 Å². The molecule has 250 valence electrons. The summed E-state index contributed by atoms with van der Waals surface area (Å²) in [6, 6.07) is 16.0. The van der Waals surface area contributed by atoms with Crippen LogP contribution in [0.3, 0.4) is 0 Å². The van der Waals surface area contributed by atoms with Crippen molar-refractivity contribution in [3.63, 3.8) is 0 Å². The van der Waals surface area contributed by atoms with Crippen LogP contribution in [0.5, 0.6) is 0 Å². The Kier molecular flexibility index (Phi) is 10.4. The lowest BCUT2D eigenvalue weighted by atomic mass is 9.93. The van der Waals surface area contributed by atoms with E-state index in [9.17, 15) is 19.2 Å². The number of fused-ring (bicyclic) bond motifs is 3. The number of methoxy groups -OCH3 is 1. The molecule has 1 aliphatic heterocycles. The number of anilines is 2. The van der Waals surface area contributed by atoms with Gasteiger partial charge in [-0.15, -0.1) is 11.3 Å². The van der Waals surface area contributed by atoms with Crippen LogP contribution < -0.4 is 21.3 Å². The topological polar surface area (TPSA) is 148 Å². The fourth-order valence-electron chi connectivity index (χ4n) is 5.22. The van der Waals surface area contributed by atoms with Crippen LogP contribution in [-0.4, -0.2) is 54.7 Å². The standard InChI is InChI=1S/C36H39N5O6S/c1-6-15-38-33(43)28-12-11-24(30(41-28)34(44)46-5)25-19-29-27(31-22(13-16-37-29)14-17-48-31)18-26(25)32(42)40-23-9-7-21(8-10-23)20-39-35(45)47-36(2,3)4/h7-12,14,17-19,37H,6,13,15-16,20H2,1-5H3,(H,38,43)(H,39,45)(H,40,42). The number of amides is 3. The van der Waals surface area contributed by atoms with Gasteiger partial charge in [-0.1, -0.05) is 19.1 Å². The highest BCUT2D eigenvalue weighted by Gasteiger charge is 2.26. The van der Waals surface area contributed by atoms with E-state index in [2.05, 4.69) is 32.3 Å². The van der Waals surface area contributed by atoms with Gasteiger partial charge in [0.05, 0.1) is 7.11 Å². The zero-order valence-corrected chi connectivity index (χ0v) is 28.4. The lowest BCUT2D eigenvalue weighted by Gasteiger charge is -2.19. The van der Waals surface area contributed by atoms with Gasteiger partial charge in [0.2, 0.25) is 0 Å². The first kappa shape index (κ1) is 34.1. The van der Waals surface area contributed by atoms with Crippen molar-refractivity contribution in [1.82, 2.24) is 15.6 Å². The smallest absolute Gasteiger partial charge is 0.407 e. The van der Waals surface area contributed by atoms with Gasteiger partial charge in [0.25, 0.3) is 11.8 Å². The summed E-state index contributed by atoms with van der Waals surface area (Å²) in [4.78, 5) is 57.4. The first-order chi connectivity index (χ1) is 23.0. The number of alkyl carbamates (subject to hydrolysis) is 1. The lowest BCUT2D eigenvalue weighted by molar-refractivity contribution is 0.0522. The van der Waals surface area contributed by atoms with Crippen LogP contribution in [0.15, 0.2) is 60.0 Å². The highest BCUT2D eigenvalue weighted by atomic mass is 32.1. The highest BCUT2D eigenvalue weighted by molar-refractivity contribution is 7.13. The van der Waals surface area contributed by atoms with E-state index in [4.69, 9.17) is 9.47 Å². The molecule has 0 unspecified atom stereocenters. The number of rotatable bonds is 9. The van der Waals surface area contributed by atoms with Crippen LogP contribution in [0.2, 0.25) is 0 Å². The number of carbonyl (C=O) groups excluding carboxylic acids is 4. The Morgan fingerprint density at radius 2 is 1.71 bits per heavy atom. The summed E-state index contributed by atoms with van der Waals surface area (Å²) in [6.45, 7) is 8.73. The number of hydrogen-bond donors (Lipinski definition) is 4. The maximum Gasteiger partial charge on any atom is 0.407 e. The van der Waals surface area contributed by atoms with Crippen molar-refractivity contribution in [3.8, 4) is 21.6 Å². The second kappa shape index (κ2) is 14.7. The molecular formula is C36H39N5O6S. The van der Waals surface area contributed by atoms with Crippen LogP contribution in [0.4, 0.5) is 16.2 Å². The molecular weight excluding hydrogens is 630 g/mol. The number of ether oxygens (including phenoxy) is 2. The number of carbonyl (C=O) groups is 4. The molecule has 0 aliphatic carbocycles. The Hall–Kier alpha value is -5.23. The van der Waals surface area contributed by atoms with Crippen LogP contribution in [-0.2, 0) is 22.4 Å². The minimum atomic E-state index is -0.736. The first-order valence-corrected chi connectivity index (χ1v) is 16.6. The van der Waals surface area contributed by atoms with E-state index >= 15 is 0 Å². The molecule has 12 heteroatoms. The highest BCUT2D eigenvalue weighted by Crippen LogP contribution is 2.42. The molecule has 5 rings (SSSR count). The molecule has 0 fully saturated rings. The molecule has 11 nitrogen and oxygen atoms in total. The Labute approximate surface area is 283 Å². The summed E-state index contributed by atoms with van der Waals surface area (Å²) in [5.74, 6) is -1.55. The van der Waals surface area contributed by atoms with E-state index in [0.29, 0.717) is 35.5 Å².